The molecule has 21 heavy (non-hydrogen) atoms. The number of rotatable bonds is 5. The number of anilines is 1. The van der Waals surface area contributed by atoms with Gasteiger partial charge in [-0.05, 0) is 18.6 Å². The van der Waals surface area contributed by atoms with Gasteiger partial charge in [-0.15, -0.1) is 0 Å². The smallest absolute Gasteiger partial charge is 0.122 e. The standard InChI is InChI=1S/C16H23N5/c1-2-7-21-8-6-18-16(21)14-19-9-11-20(12-10-19)15-4-3-5-17-13-15/h3-6,8,13H,2,7,9-12,14H2,1H3. The summed E-state index contributed by atoms with van der Waals surface area (Å²) in [4.78, 5) is 13.6. The normalized spacial score (nSPS) is 16.3. The second-order valence-electron chi connectivity index (χ2n) is 5.51. The van der Waals surface area contributed by atoms with E-state index in [9.17, 15) is 0 Å². The minimum Gasteiger partial charge on any atom is -0.368 e. The molecule has 0 radical (unpaired) electrons. The average Bonchev–Trinajstić information content (AvgIpc) is 2.96. The van der Waals surface area contributed by atoms with Gasteiger partial charge in [0.25, 0.3) is 0 Å². The van der Waals surface area contributed by atoms with Crippen LogP contribution in [0.3, 0.4) is 0 Å². The van der Waals surface area contributed by atoms with Gasteiger partial charge in [0.1, 0.15) is 5.82 Å². The van der Waals surface area contributed by atoms with Crippen LogP contribution in [0.25, 0.3) is 0 Å². The molecule has 5 heteroatoms. The lowest BCUT2D eigenvalue weighted by Crippen LogP contribution is -2.46. The Bertz CT molecular complexity index is 543. The van der Waals surface area contributed by atoms with Crippen molar-refractivity contribution in [1.29, 1.82) is 0 Å². The van der Waals surface area contributed by atoms with Gasteiger partial charge >= 0.3 is 0 Å². The predicted molar refractivity (Wildman–Crippen MR) is 84.2 cm³/mol. The van der Waals surface area contributed by atoms with Gasteiger partial charge in [0.15, 0.2) is 0 Å². The second-order valence-corrected chi connectivity index (χ2v) is 5.51. The molecule has 0 amide bonds. The van der Waals surface area contributed by atoms with Crippen molar-refractivity contribution in [2.75, 3.05) is 31.1 Å². The number of nitrogens with zero attached hydrogens (tertiary/aromatic N) is 5. The molecular formula is C16H23N5. The van der Waals surface area contributed by atoms with Gasteiger partial charge in [-0.1, -0.05) is 6.92 Å². The van der Waals surface area contributed by atoms with Gasteiger partial charge in [0.2, 0.25) is 0 Å². The van der Waals surface area contributed by atoms with Crippen molar-refractivity contribution in [2.45, 2.75) is 26.4 Å². The Balaban J connectivity index is 1.55. The summed E-state index contributed by atoms with van der Waals surface area (Å²) in [6.45, 7) is 8.48. The summed E-state index contributed by atoms with van der Waals surface area (Å²) in [5, 5.41) is 0. The first kappa shape index (κ1) is 14.1. The predicted octanol–water partition coefficient (Wildman–Crippen LogP) is 2.01. The first-order valence-corrected chi connectivity index (χ1v) is 7.74. The summed E-state index contributed by atoms with van der Waals surface area (Å²) in [6, 6.07) is 4.14. The Hall–Kier alpha value is -1.88. The third-order valence-corrected chi connectivity index (χ3v) is 4.01. The topological polar surface area (TPSA) is 37.2 Å². The molecule has 2 aromatic rings. The van der Waals surface area contributed by atoms with E-state index in [0.717, 1.165) is 45.7 Å². The van der Waals surface area contributed by atoms with Crippen molar-refractivity contribution >= 4 is 5.69 Å². The molecule has 5 nitrogen and oxygen atoms in total. The molecule has 1 fully saturated rings. The molecule has 3 rings (SSSR count). The summed E-state index contributed by atoms with van der Waals surface area (Å²) < 4.78 is 2.27. The molecule has 1 aliphatic heterocycles. The Morgan fingerprint density at radius 2 is 2.00 bits per heavy atom. The van der Waals surface area contributed by atoms with E-state index in [4.69, 9.17) is 0 Å². The zero-order valence-corrected chi connectivity index (χ0v) is 12.6. The van der Waals surface area contributed by atoms with E-state index in [-0.39, 0.29) is 0 Å². The maximum atomic E-state index is 4.50. The Morgan fingerprint density at radius 1 is 1.14 bits per heavy atom. The van der Waals surface area contributed by atoms with Gasteiger partial charge in [-0.3, -0.25) is 9.88 Å². The van der Waals surface area contributed by atoms with Crippen molar-refractivity contribution in [3.63, 3.8) is 0 Å². The lowest BCUT2D eigenvalue weighted by Gasteiger charge is -2.35. The quantitative estimate of drug-likeness (QED) is 0.842. The summed E-state index contributed by atoms with van der Waals surface area (Å²) in [5.74, 6) is 1.19. The van der Waals surface area contributed by atoms with E-state index in [1.54, 1.807) is 0 Å². The third kappa shape index (κ3) is 3.42. The summed E-state index contributed by atoms with van der Waals surface area (Å²) in [7, 11) is 0. The van der Waals surface area contributed by atoms with Crippen LogP contribution in [0.5, 0.6) is 0 Å². The molecule has 112 valence electrons. The van der Waals surface area contributed by atoms with Crippen LogP contribution >= 0.6 is 0 Å². The zero-order chi connectivity index (χ0) is 14.5. The van der Waals surface area contributed by atoms with Crippen LogP contribution in [-0.2, 0) is 13.1 Å². The van der Waals surface area contributed by atoms with Crippen LogP contribution in [0.4, 0.5) is 5.69 Å². The molecule has 0 aliphatic carbocycles. The molecule has 0 aromatic carbocycles. The van der Waals surface area contributed by atoms with E-state index in [1.807, 2.05) is 24.7 Å². The van der Waals surface area contributed by atoms with E-state index < -0.39 is 0 Å². The lowest BCUT2D eigenvalue weighted by molar-refractivity contribution is 0.240. The molecule has 2 aromatic heterocycles. The molecule has 0 spiro atoms. The van der Waals surface area contributed by atoms with Crippen LogP contribution in [0, 0.1) is 0 Å². The van der Waals surface area contributed by atoms with Gasteiger partial charge in [0, 0.05) is 51.3 Å². The molecular weight excluding hydrogens is 262 g/mol. The Morgan fingerprint density at radius 3 is 2.71 bits per heavy atom. The second kappa shape index (κ2) is 6.72. The molecule has 1 aliphatic rings. The number of aryl methyl sites for hydroxylation is 1. The molecule has 0 bridgehead atoms. The summed E-state index contributed by atoms with van der Waals surface area (Å²) >= 11 is 0. The molecule has 0 N–H and O–H groups in total. The van der Waals surface area contributed by atoms with Gasteiger partial charge in [0.05, 0.1) is 18.4 Å². The van der Waals surface area contributed by atoms with Gasteiger partial charge in [-0.25, -0.2) is 4.98 Å². The Labute approximate surface area is 126 Å². The molecule has 0 saturated carbocycles. The van der Waals surface area contributed by atoms with Crippen LogP contribution < -0.4 is 4.90 Å². The van der Waals surface area contributed by atoms with Crippen molar-refractivity contribution in [2.24, 2.45) is 0 Å². The number of hydrogen-bond acceptors (Lipinski definition) is 4. The minimum absolute atomic E-state index is 0.952. The highest BCUT2D eigenvalue weighted by molar-refractivity contribution is 5.44. The van der Waals surface area contributed by atoms with E-state index in [1.165, 1.54) is 11.5 Å². The van der Waals surface area contributed by atoms with Crippen molar-refractivity contribution in [1.82, 2.24) is 19.4 Å². The van der Waals surface area contributed by atoms with Crippen molar-refractivity contribution in [3.05, 3.63) is 42.7 Å². The monoisotopic (exact) mass is 285 g/mol. The first-order chi connectivity index (χ1) is 10.4. The fraction of sp³-hybridized carbons (Fsp3) is 0.500. The van der Waals surface area contributed by atoms with E-state index in [0.29, 0.717) is 0 Å². The number of piperazine rings is 1. The fourth-order valence-corrected chi connectivity index (χ4v) is 2.84. The SMILES string of the molecule is CCCn1ccnc1CN1CCN(c2cccnc2)CC1. The molecule has 0 unspecified atom stereocenters. The molecule has 3 heterocycles. The van der Waals surface area contributed by atoms with Crippen LogP contribution in [0.2, 0.25) is 0 Å². The van der Waals surface area contributed by atoms with E-state index >= 15 is 0 Å². The molecule has 1 saturated heterocycles. The van der Waals surface area contributed by atoms with Crippen LogP contribution in [0.15, 0.2) is 36.9 Å². The molecule has 0 atom stereocenters. The number of hydrogen-bond donors (Lipinski definition) is 0. The van der Waals surface area contributed by atoms with Crippen molar-refractivity contribution < 1.29 is 0 Å². The number of pyridine rings is 1. The van der Waals surface area contributed by atoms with Crippen LogP contribution in [0.1, 0.15) is 19.2 Å². The summed E-state index contributed by atoms with van der Waals surface area (Å²) in [5.41, 5.74) is 1.23. The van der Waals surface area contributed by atoms with Gasteiger partial charge < -0.3 is 9.47 Å². The maximum absolute atomic E-state index is 4.50. The highest BCUT2D eigenvalue weighted by Crippen LogP contribution is 2.15. The lowest BCUT2D eigenvalue weighted by atomic mass is 10.2. The summed E-state index contributed by atoms with van der Waals surface area (Å²) in [6.07, 6.45) is 8.93. The largest absolute Gasteiger partial charge is 0.368 e. The van der Waals surface area contributed by atoms with Crippen molar-refractivity contribution in [3.8, 4) is 0 Å². The first-order valence-electron chi connectivity index (χ1n) is 7.74. The highest BCUT2D eigenvalue weighted by atomic mass is 15.3. The van der Waals surface area contributed by atoms with Gasteiger partial charge in [-0.2, -0.15) is 0 Å². The Kier molecular flexibility index (Phi) is 4.50. The average molecular weight is 285 g/mol. The van der Waals surface area contributed by atoms with E-state index in [2.05, 4.69) is 43.5 Å². The number of aromatic nitrogens is 3. The minimum atomic E-state index is 0.952. The van der Waals surface area contributed by atoms with Crippen LogP contribution in [-0.4, -0.2) is 45.6 Å². The fourth-order valence-electron chi connectivity index (χ4n) is 2.84. The number of imidazole rings is 1. The maximum Gasteiger partial charge on any atom is 0.122 e. The highest BCUT2D eigenvalue weighted by Gasteiger charge is 2.18. The third-order valence-electron chi connectivity index (χ3n) is 4.01. The zero-order valence-electron chi connectivity index (χ0n) is 12.6.